The van der Waals surface area contributed by atoms with Gasteiger partial charge in [0.15, 0.2) is 0 Å². The SMILES string of the molecule is CNC(c1ccc(Cl)cc1Cl)c1c(Cl)cccc1Cl. The quantitative estimate of drug-likeness (QED) is 0.769. The van der Waals surface area contributed by atoms with Crippen LogP contribution in [0.4, 0.5) is 0 Å². The number of nitrogens with one attached hydrogen (secondary N) is 1. The molecule has 0 saturated carbocycles. The normalized spacial score (nSPS) is 12.5. The second-order valence-electron chi connectivity index (χ2n) is 4.02. The van der Waals surface area contributed by atoms with E-state index in [4.69, 9.17) is 46.4 Å². The molecule has 100 valence electrons. The first-order valence-corrected chi connectivity index (χ1v) is 7.12. The van der Waals surface area contributed by atoms with Crippen LogP contribution in [0.2, 0.25) is 20.1 Å². The largest absolute Gasteiger partial charge is 0.309 e. The Morgan fingerprint density at radius 3 is 2.05 bits per heavy atom. The van der Waals surface area contributed by atoms with Gasteiger partial charge in [-0.25, -0.2) is 0 Å². The Balaban J connectivity index is 2.56. The fraction of sp³-hybridized carbons (Fsp3) is 0.143. The first-order chi connectivity index (χ1) is 9.04. The molecule has 0 spiro atoms. The van der Waals surface area contributed by atoms with E-state index >= 15 is 0 Å². The molecule has 0 fully saturated rings. The first kappa shape index (κ1) is 15.0. The highest BCUT2D eigenvalue weighted by Gasteiger charge is 2.20. The minimum Gasteiger partial charge on any atom is -0.309 e. The third-order valence-electron chi connectivity index (χ3n) is 2.85. The molecule has 0 heterocycles. The molecule has 2 aromatic rings. The minimum absolute atomic E-state index is 0.189. The molecule has 1 unspecified atom stereocenters. The van der Waals surface area contributed by atoms with Gasteiger partial charge in [0.2, 0.25) is 0 Å². The molecule has 1 nitrogen and oxygen atoms in total. The fourth-order valence-corrected chi connectivity index (χ4v) is 3.11. The molecule has 0 bridgehead atoms. The van der Waals surface area contributed by atoms with Crippen LogP contribution in [0.3, 0.4) is 0 Å². The van der Waals surface area contributed by atoms with Crippen molar-refractivity contribution in [2.75, 3.05) is 7.05 Å². The average molecular weight is 335 g/mol. The van der Waals surface area contributed by atoms with Crippen molar-refractivity contribution in [2.45, 2.75) is 6.04 Å². The van der Waals surface area contributed by atoms with Crippen molar-refractivity contribution in [1.29, 1.82) is 0 Å². The molecule has 0 saturated heterocycles. The lowest BCUT2D eigenvalue weighted by molar-refractivity contribution is 0.692. The van der Waals surface area contributed by atoms with Gasteiger partial charge < -0.3 is 5.32 Å². The molecule has 19 heavy (non-hydrogen) atoms. The highest BCUT2D eigenvalue weighted by atomic mass is 35.5. The third kappa shape index (κ3) is 3.18. The molecule has 2 aromatic carbocycles. The Hall–Kier alpha value is -0.440. The maximum Gasteiger partial charge on any atom is 0.0618 e. The maximum atomic E-state index is 6.25. The van der Waals surface area contributed by atoms with Gasteiger partial charge in [-0.3, -0.25) is 0 Å². The second-order valence-corrected chi connectivity index (χ2v) is 5.68. The third-order valence-corrected chi connectivity index (χ3v) is 4.07. The molecule has 1 N–H and O–H groups in total. The molecular weight excluding hydrogens is 324 g/mol. The van der Waals surface area contributed by atoms with Crippen LogP contribution in [0, 0.1) is 0 Å². The molecule has 5 heteroatoms. The zero-order chi connectivity index (χ0) is 14.0. The van der Waals surface area contributed by atoms with Crippen LogP contribution in [-0.2, 0) is 0 Å². The topological polar surface area (TPSA) is 12.0 Å². The minimum atomic E-state index is -0.189. The Morgan fingerprint density at radius 1 is 0.895 bits per heavy atom. The highest BCUT2D eigenvalue weighted by molar-refractivity contribution is 6.36. The fourth-order valence-electron chi connectivity index (χ4n) is 1.98. The summed E-state index contributed by atoms with van der Waals surface area (Å²) in [6, 6.07) is 10.6. The van der Waals surface area contributed by atoms with Crippen molar-refractivity contribution >= 4 is 46.4 Å². The molecule has 0 aromatic heterocycles. The van der Waals surface area contributed by atoms with Gasteiger partial charge in [-0.2, -0.15) is 0 Å². The van der Waals surface area contributed by atoms with Crippen LogP contribution in [-0.4, -0.2) is 7.05 Å². The van der Waals surface area contributed by atoms with E-state index in [-0.39, 0.29) is 6.04 Å². The van der Waals surface area contributed by atoms with Crippen molar-refractivity contribution in [3.8, 4) is 0 Å². The number of hydrogen-bond donors (Lipinski definition) is 1. The van der Waals surface area contributed by atoms with Crippen LogP contribution in [0.1, 0.15) is 17.2 Å². The number of rotatable bonds is 3. The molecule has 0 aliphatic heterocycles. The van der Waals surface area contributed by atoms with E-state index in [9.17, 15) is 0 Å². The highest BCUT2D eigenvalue weighted by Crippen LogP contribution is 2.37. The van der Waals surface area contributed by atoms with Crippen molar-refractivity contribution in [3.05, 3.63) is 67.6 Å². The molecule has 0 aliphatic carbocycles. The zero-order valence-electron chi connectivity index (χ0n) is 10.1. The predicted octanol–water partition coefficient (Wildman–Crippen LogP) is 5.61. The van der Waals surface area contributed by atoms with E-state index < -0.39 is 0 Å². The van der Waals surface area contributed by atoms with E-state index in [0.29, 0.717) is 20.1 Å². The lowest BCUT2D eigenvalue weighted by atomic mass is 9.98. The number of hydrogen-bond acceptors (Lipinski definition) is 1. The van der Waals surface area contributed by atoms with Gasteiger partial charge in [-0.15, -0.1) is 0 Å². The number of benzene rings is 2. The lowest BCUT2D eigenvalue weighted by Crippen LogP contribution is -2.19. The van der Waals surface area contributed by atoms with Gasteiger partial charge in [-0.1, -0.05) is 58.5 Å². The van der Waals surface area contributed by atoms with E-state index in [1.54, 1.807) is 24.3 Å². The van der Waals surface area contributed by atoms with E-state index in [2.05, 4.69) is 5.32 Å². The molecular formula is C14H11Cl4N. The van der Waals surface area contributed by atoms with E-state index in [1.807, 2.05) is 19.2 Å². The predicted molar refractivity (Wildman–Crippen MR) is 83.8 cm³/mol. The molecule has 0 aliphatic rings. The van der Waals surface area contributed by atoms with Gasteiger partial charge in [0.1, 0.15) is 0 Å². The van der Waals surface area contributed by atoms with Crippen LogP contribution < -0.4 is 5.32 Å². The van der Waals surface area contributed by atoms with Crippen molar-refractivity contribution in [2.24, 2.45) is 0 Å². The summed E-state index contributed by atoms with van der Waals surface area (Å²) in [6.07, 6.45) is 0. The Labute approximate surface area is 132 Å². The molecule has 0 amide bonds. The molecule has 0 radical (unpaired) electrons. The van der Waals surface area contributed by atoms with Gasteiger partial charge in [0.25, 0.3) is 0 Å². The van der Waals surface area contributed by atoms with Crippen LogP contribution in [0.5, 0.6) is 0 Å². The van der Waals surface area contributed by atoms with Gasteiger partial charge in [-0.05, 0) is 36.9 Å². The molecule has 2 rings (SSSR count). The summed E-state index contributed by atoms with van der Waals surface area (Å²) < 4.78 is 0. The maximum absolute atomic E-state index is 6.25. The Morgan fingerprint density at radius 2 is 1.53 bits per heavy atom. The van der Waals surface area contributed by atoms with Crippen LogP contribution >= 0.6 is 46.4 Å². The summed E-state index contributed by atoms with van der Waals surface area (Å²) in [4.78, 5) is 0. The van der Waals surface area contributed by atoms with E-state index in [1.165, 1.54) is 0 Å². The zero-order valence-corrected chi connectivity index (χ0v) is 13.1. The van der Waals surface area contributed by atoms with Gasteiger partial charge in [0, 0.05) is 25.7 Å². The average Bonchev–Trinajstić information content (AvgIpc) is 2.35. The van der Waals surface area contributed by atoms with Gasteiger partial charge >= 0.3 is 0 Å². The first-order valence-electron chi connectivity index (χ1n) is 5.60. The standard InChI is InChI=1S/C14H11Cl4N/c1-19-14(9-6-5-8(15)7-12(9)18)13-10(16)3-2-4-11(13)17/h2-7,14,19H,1H3. The van der Waals surface area contributed by atoms with Crippen molar-refractivity contribution < 1.29 is 0 Å². The van der Waals surface area contributed by atoms with Crippen molar-refractivity contribution in [3.63, 3.8) is 0 Å². The smallest absolute Gasteiger partial charge is 0.0618 e. The second kappa shape index (κ2) is 6.34. The Kier molecular flexibility index (Phi) is 4.99. The summed E-state index contributed by atoms with van der Waals surface area (Å²) >= 11 is 24.6. The van der Waals surface area contributed by atoms with Crippen LogP contribution in [0.25, 0.3) is 0 Å². The molecule has 1 atom stereocenters. The monoisotopic (exact) mass is 333 g/mol. The van der Waals surface area contributed by atoms with Crippen molar-refractivity contribution in [1.82, 2.24) is 5.32 Å². The van der Waals surface area contributed by atoms with Crippen LogP contribution in [0.15, 0.2) is 36.4 Å². The summed E-state index contributed by atoms with van der Waals surface area (Å²) in [6.45, 7) is 0. The van der Waals surface area contributed by atoms with Gasteiger partial charge in [0.05, 0.1) is 6.04 Å². The lowest BCUT2D eigenvalue weighted by Gasteiger charge is -2.21. The summed E-state index contributed by atoms with van der Waals surface area (Å²) in [5.41, 5.74) is 1.68. The summed E-state index contributed by atoms with van der Waals surface area (Å²) in [7, 11) is 1.83. The summed E-state index contributed by atoms with van der Waals surface area (Å²) in [5.74, 6) is 0. The number of halogens is 4. The van der Waals surface area contributed by atoms with E-state index in [0.717, 1.165) is 11.1 Å². The summed E-state index contributed by atoms with van der Waals surface area (Å²) in [5, 5.41) is 5.53. The Bertz CT molecular complexity index is 578.